The second-order valence-corrected chi connectivity index (χ2v) is 5.97. The van der Waals surface area contributed by atoms with Crippen LogP contribution in [0.15, 0.2) is 54.7 Å². The Bertz CT molecular complexity index is 1000. The Balaban J connectivity index is 1.86. The monoisotopic (exact) mass is 361 g/mol. The van der Waals surface area contributed by atoms with Crippen molar-refractivity contribution in [3.8, 4) is 11.3 Å². The number of anilines is 2. The molecule has 0 bridgehead atoms. The van der Waals surface area contributed by atoms with Crippen molar-refractivity contribution in [1.29, 1.82) is 0 Å². The van der Waals surface area contributed by atoms with Crippen molar-refractivity contribution in [2.45, 2.75) is 6.92 Å². The zero-order chi connectivity index (χ0) is 19.4. The minimum absolute atomic E-state index is 0.0573. The summed E-state index contributed by atoms with van der Waals surface area (Å²) in [5.41, 5.74) is 9.23. The lowest BCUT2D eigenvalue weighted by Gasteiger charge is -2.09. The number of amides is 2. The highest BCUT2D eigenvalue weighted by atomic mass is 16.2. The maximum atomic E-state index is 12.4. The molecule has 1 heterocycles. The normalized spacial score (nSPS) is 10.3. The molecule has 0 spiro atoms. The van der Waals surface area contributed by atoms with Crippen LogP contribution in [0.5, 0.6) is 0 Å². The number of benzene rings is 2. The van der Waals surface area contributed by atoms with Gasteiger partial charge in [0.2, 0.25) is 0 Å². The van der Waals surface area contributed by atoms with Crippen LogP contribution < -0.4 is 16.4 Å². The molecule has 3 aromatic rings. The molecule has 136 valence electrons. The zero-order valence-corrected chi connectivity index (χ0v) is 15.0. The van der Waals surface area contributed by atoms with E-state index in [-0.39, 0.29) is 17.4 Å². The second kappa shape index (κ2) is 7.65. The van der Waals surface area contributed by atoms with E-state index >= 15 is 0 Å². The van der Waals surface area contributed by atoms with Gasteiger partial charge in [-0.05, 0) is 31.2 Å². The van der Waals surface area contributed by atoms with E-state index in [4.69, 9.17) is 5.73 Å². The fourth-order valence-electron chi connectivity index (χ4n) is 2.49. The number of hydrogen-bond donors (Lipinski definition) is 3. The lowest BCUT2D eigenvalue weighted by atomic mass is 10.1. The first-order chi connectivity index (χ1) is 13.0. The molecule has 2 amide bonds. The first-order valence-corrected chi connectivity index (χ1v) is 8.31. The first kappa shape index (κ1) is 18.1. The summed E-state index contributed by atoms with van der Waals surface area (Å²) >= 11 is 0. The van der Waals surface area contributed by atoms with Gasteiger partial charge in [-0.1, -0.05) is 29.8 Å². The predicted molar refractivity (Wildman–Crippen MR) is 104 cm³/mol. The number of rotatable bonds is 4. The van der Waals surface area contributed by atoms with Crippen molar-refractivity contribution in [2.75, 3.05) is 18.1 Å². The summed E-state index contributed by atoms with van der Waals surface area (Å²) in [5, 5.41) is 5.34. The molecule has 0 fully saturated rings. The zero-order valence-electron chi connectivity index (χ0n) is 15.0. The number of nitrogen functional groups attached to an aromatic ring is 1. The summed E-state index contributed by atoms with van der Waals surface area (Å²) in [7, 11) is 1.50. The predicted octanol–water partition coefficient (Wildman–Crippen LogP) is 2.65. The van der Waals surface area contributed by atoms with Gasteiger partial charge in [-0.3, -0.25) is 9.59 Å². The average molecular weight is 361 g/mol. The van der Waals surface area contributed by atoms with Gasteiger partial charge in [0.1, 0.15) is 0 Å². The first-order valence-electron chi connectivity index (χ1n) is 8.31. The molecule has 3 rings (SSSR count). The Morgan fingerprint density at radius 2 is 1.78 bits per heavy atom. The highest BCUT2D eigenvalue weighted by Gasteiger charge is 2.14. The van der Waals surface area contributed by atoms with Crippen molar-refractivity contribution in [3.05, 3.63) is 71.5 Å². The Kier molecular flexibility index (Phi) is 5.12. The topological polar surface area (TPSA) is 110 Å². The van der Waals surface area contributed by atoms with E-state index in [1.165, 1.54) is 13.2 Å². The van der Waals surface area contributed by atoms with Crippen LogP contribution in [-0.4, -0.2) is 28.8 Å². The number of aromatic nitrogens is 2. The molecule has 1 aromatic heterocycles. The minimum atomic E-state index is -0.411. The van der Waals surface area contributed by atoms with Gasteiger partial charge in [-0.15, -0.1) is 0 Å². The van der Waals surface area contributed by atoms with E-state index in [2.05, 4.69) is 20.6 Å². The molecule has 7 heteroatoms. The maximum Gasteiger partial charge on any atom is 0.273 e. The SMILES string of the molecule is CNC(=O)c1nc(-c2cccc(NC(=O)c3ccc(C)cc3)c2)cnc1N. The molecular weight excluding hydrogens is 342 g/mol. The molecule has 2 aromatic carbocycles. The third-order valence-corrected chi connectivity index (χ3v) is 3.97. The lowest BCUT2D eigenvalue weighted by Crippen LogP contribution is -2.21. The van der Waals surface area contributed by atoms with Gasteiger partial charge in [-0.25, -0.2) is 9.97 Å². The van der Waals surface area contributed by atoms with E-state index in [9.17, 15) is 9.59 Å². The molecule has 27 heavy (non-hydrogen) atoms. The van der Waals surface area contributed by atoms with Crippen molar-refractivity contribution in [1.82, 2.24) is 15.3 Å². The number of aryl methyl sites for hydroxylation is 1. The van der Waals surface area contributed by atoms with Gasteiger partial charge < -0.3 is 16.4 Å². The fraction of sp³-hybridized carbons (Fsp3) is 0.100. The largest absolute Gasteiger partial charge is 0.382 e. The number of nitrogens with two attached hydrogens (primary N) is 1. The third kappa shape index (κ3) is 4.09. The van der Waals surface area contributed by atoms with E-state index in [0.29, 0.717) is 22.5 Å². The van der Waals surface area contributed by atoms with Crippen LogP contribution in [0.25, 0.3) is 11.3 Å². The quantitative estimate of drug-likeness (QED) is 0.662. The second-order valence-electron chi connectivity index (χ2n) is 5.97. The van der Waals surface area contributed by atoms with E-state index in [0.717, 1.165) is 5.56 Å². The molecule has 0 saturated heterocycles. The molecule has 0 atom stereocenters. The number of nitrogens with one attached hydrogen (secondary N) is 2. The molecular formula is C20H19N5O2. The van der Waals surface area contributed by atoms with Crippen LogP contribution in [0.2, 0.25) is 0 Å². The molecule has 0 radical (unpaired) electrons. The van der Waals surface area contributed by atoms with Gasteiger partial charge in [0.25, 0.3) is 11.8 Å². The molecule has 0 aliphatic heterocycles. The van der Waals surface area contributed by atoms with Gasteiger partial charge >= 0.3 is 0 Å². The summed E-state index contributed by atoms with van der Waals surface area (Å²) in [6.45, 7) is 1.96. The number of nitrogens with zero attached hydrogens (tertiary/aromatic N) is 2. The van der Waals surface area contributed by atoms with Crippen LogP contribution in [0.1, 0.15) is 26.4 Å². The number of carbonyl (C=O) groups excluding carboxylic acids is 2. The summed E-state index contributed by atoms with van der Waals surface area (Å²) < 4.78 is 0. The van der Waals surface area contributed by atoms with E-state index in [1.54, 1.807) is 30.3 Å². The van der Waals surface area contributed by atoms with Crippen LogP contribution in [0.3, 0.4) is 0 Å². The van der Waals surface area contributed by atoms with Crippen molar-refractivity contribution in [2.24, 2.45) is 0 Å². The Morgan fingerprint density at radius 1 is 1.04 bits per heavy atom. The Morgan fingerprint density at radius 3 is 2.48 bits per heavy atom. The molecule has 0 saturated carbocycles. The Hall–Kier alpha value is -3.74. The smallest absolute Gasteiger partial charge is 0.273 e. The summed E-state index contributed by atoms with van der Waals surface area (Å²) in [6.07, 6.45) is 1.49. The van der Waals surface area contributed by atoms with Crippen LogP contribution in [-0.2, 0) is 0 Å². The maximum absolute atomic E-state index is 12.4. The molecule has 0 aliphatic rings. The lowest BCUT2D eigenvalue weighted by molar-refractivity contribution is 0.0958. The summed E-state index contributed by atoms with van der Waals surface area (Å²) in [6, 6.07) is 14.5. The Labute approximate surface area is 156 Å². The van der Waals surface area contributed by atoms with Crippen molar-refractivity contribution < 1.29 is 9.59 Å². The van der Waals surface area contributed by atoms with Crippen LogP contribution >= 0.6 is 0 Å². The van der Waals surface area contributed by atoms with Crippen LogP contribution in [0.4, 0.5) is 11.5 Å². The van der Waals surface area contributed by atoms with Gasteiger partial charge in [-0.2, -0.15) is 0 Å². The minimum Gasteiger partial charge on any atom is -0.382 e. The van der Waals surface area contributed by atoms with Gasteiger partial charge in [0.05, 0.1) is 11.9 Å². The summed E-state index contributed by atoms with van der Waals surface area (Å²) in [4.78, 5) is 32.6. The molecule has 0 unspecified atom stereocenters. The summed E-state index contributed by atoms with van der Waals surface area (Å²) in [5.74, 6) is -0.561. The number of carbonyl (C=O) groups is 2. The molecule has 0 aliphatic carbocycles. The third-order valence-electron chi connectivity index (χ3n) is 3.97. The highest BCUT2D eigenvalue weighted by Crippen LogP contribution is 2.22. The van der Waals surface area contributed by atoms with Crippen molar-refractivity contribution >= 4 is 23.3 Å². The van der Waals surface area contributed by atoms with Gasteiger partial charge in [0.15, 0.2) is 11.5 Å². The van der Waals surface area contributed by atoms with E-state index < -0.39 is 5.91 Å². The highest BCUT2D eigenvalue weighted by molar-refractivity contribution is 6.04. The average Bonchev–Trinajstić information content (AvgIpc) is 2.68. The molecule has 4 N–H and O–H groups in total. The van der Waals surface area contributed by atoms with Crippen LogP contribution in [0, 0.1) is 6.92 Å². The fourth-order valence-corrected chi connectivity index (χ4v) is 2.49. The number of hydrogen-bond acceptors (Lipinski definition) is 5. The van der Waals surface area contributed by atoms with Crippen molar-refractivity contribution in [3.63, 3.8) is 0 Å². The van der Waals surface area contributed by atoms with E-state index in [1.807, 2.05) is 25.1 Å². The molecule has 7 nitrogen and oxygen atoms in total. The standard InChI is InChI=1S/C20H19N5O2/c1-12-6-8-13(9-7-12)19(26)24-15-5-3-4-14(10-15)16-11-23-18(21)17(25-16)20(27)22-2/h3-11H,1-2H3,(H2,21,23)(H,22,27)(H,24,26). The van der Waals surface area contributed by atoms with Gasteiger partial charge in [0, 0.05) is 23.9 Å².